The highest BCUT2D eigenvalue weighted by Gasteiger charge is 2.23. The Morgan fingerprint density at radius 2 is 1.41 bits per heavy atom. The lowest BCUT2D eigenvalue weighted by Crippen LogP contribution is -2.27. The molecule has 0 spiro atoms. The summed E-state index contributed by atoms with van der Waals surface area (Å²) in [5.41, 5.74) is 0. The summed E-state index contributed by atoms with van der Waals surface area (Å²) in [7, 11) is -4.37. The van der Waals surface area contributed by atoms with E-state index in [2.05, 4.69) is 19.2 Å². The predicted octanol–water partition coefficient (Wildman–Crippen LogP) is 4.25. The standard InChI is InChI=1S/C22H44NO8P/c1-3-5-7-9-10-11-12-14-21(25)23-16-17-30-32(27,28)31-19-20(24)18-29-22(26)15-13-8-6-4-2/h20,24H,3-19H2,1-2H3,(H,23,25)(H,27,28). The van der Waals surface area contributed by atoms with Crippen LogP contribution in [0.2, 0.25) is 0 Å². The van der Waals surface area contributed by atoms with Crippen LogP contribution in [0, 0.1) is 0 Å². The molecular weight excluding hydrogens is 437 g/mol. The summed E-state index contributed by atoms with van der Waals surface area (Å²) < 4.78 is 26.2. The van der Waals surface area contributed by atoms with E-state index in [9.17, 15) is 24.2 Å². The number of ether oxygens (including phenoxy) is 1. The highest BCUT2D eigenvalue weighted by molar-refractivity contribution is 7.47. The Kier molecular flexibility index (Phi) is 20.0. The molecule has 0 bridgehead atoms. The summed E-state index contributed by atoms with van der Waals surface area (Å²) in [4.78, 5) is 32.9. The van der Waals surface area contributed by atoms with Crippen molar-refractivity contribution in [3.63, 3.8) is 0 Å². The Labute approximate surface area is 193 Å². The SMILES string of the molecule is CCCCCCCCCC(=O)NCCOP(=O)(O)OCC(O)COC(=O)CCCCCC. The van der Waals surface area contributed by atoms with Gasteiger partial charge in [0.05, 0.1) is 13.2 Å². The van der Waals surface area contributed by atoms with Gasteiger partial charge in [0.15, 0.2) is 0 Å². The molecule has 0 aliphatic rings. The van der Waals surface area contributed by atoms with Crippen LogP contribution in [-0.4, -0.2) is 54.3 Å². The van der Waals surface area contributed by atoms with Gasteiger partial charge in [-0.05, 0) is 12.8 Å². The molecule has 0 aromatic carbocycles. The van der Waals surface area contributed by atoms with Crippen LogP contribution in [0.5, 0.6) is 0 Å². The zero-order valence-electron chi connectivity index (χ0n) is 19.9. The van der Waals surface area contributed by atoms with Crippen molar-refractivity contribution < 1.29 is 37.9 Å². The summed E-state index contributed by atoms with van der Waals surface area (Å²) in [6.45, 7) is 3.31. The number of esters is 1. The van der Waals surface area contributed by atoms with Gasteiger partial charge in [-0.1, -0.05) is 71.6 Å². The van der Waals surface area contributed by atoms with Crippen molar-refractivity contribution in [1.29, 1.82) is 0 Å². The van der Waals surface area contributed by atoms with Gasteiger partial charge in [-0.2, -0.15) is 0 Å². The fourth-order valence-electron chi connectivity index (χ4n) is 2.91. The molecule has 3 N–H and O–H groups in total. The van der Waals surface area contributed by atoms with Crippen molar-refractivity contribution in [2.45, 2.75) is 103 Å². The normalized spacial score (nSPS) is 14.0. The van der Waals surface area contributed by atoms with Gasteiger partial charge in [-0.15, -0.1) is 0 Å². The molecule has 190 valence electrons. The van der Waals surface area contributed by atoms with Gasteiger partial charge >= 0.3 is 13.8 Å². The van der Waals surface area contributed by atoms with Crippen LogP contribution >= 0.6 is 7.82 Å². The molecule has 0 saturated heterocycles. The number of unbranched alkanes of at least 4 members (excludes halogenated alkanes) is 9. The first-order chi connectivity index (χ1) is 15.3. The minimum atomic E-state index is -4.37. The summed E-state index contributed by atoms with van der Waals surface area (Å²) in [5.74, 6) is -0.543. The van der Waals surface area contributed by atoms with Crippen LogP contribution in [0.1, 0.15) is 97.3 Å². The second-order valence-corrected chi connectivity index (χ2v) is 9.42. The number of hydrogen-bond acceptors (Lipinski definition) is 7. The fraction of sp³-hybridized carbons (Fsp3) is 0.909. The number of carbonyl (C=O) groups is 2. The van der Waals surface area contributed by atoms with E-state index in [-0.39, 0.29) is 32.1 Å². The summed E-state index contributed by atoms with van der Waals surface area (Å²) in [6.07, 6.45) is 11.1. The number of aliphatic hydroxyl groups excluding tert-OH is 1. The average molecular weight is 482 g/mol. The van der Waals surface area contributed by atoms with Gasteiger partial charge in [-0.3, -0.25) is 18.6 Å². The first-order valence-corrected chi connectivity index (χ1v) is 13.5. The number of aliphatic hydroxyl groups is 1. The van der Waals surface area contributed by atoms with Crippen LogP contribution in [0.15, 0.2) is 0 Å². The van der Waals surface area contributed by atoms with Crippen LogP contribution in [0.4, 0.5) is 0 Å². The molecule has 1 amide bonds. The van der Waals surface area contributed by atoms with Crippen molar-refractivity contribution in [3.05, 3.63) is 0 Å². The first kappa shape index (κ1) is 31.0. The summed E-state index contributed by atoms with van der Waals surface area (Å²) in [6, 6.07) is 0. The number of hydrogen-bond donors (Lipinski definition) is 3. The molecule has 9 nitrogen and oxygen atoms in total. The van der Waals surface area contributed by atoms with Crippen molar-refractivity contribution in [1.82, 2.24) is 5.32 Å². The second-order valence-electron chi connectivity index (χ2n) is 7.97. The van der Waals surface area contributed by atoms with E-state index in [1.807, 2.05) is 0 Å². The number of nitrogens with one attached hydrogen (secondary N) is 1. The second kappa shape index (κ2) is 20.6. The quantitative estimate of drug-likeness (QED) is 0.119. The van der Waals surface area contributed by atoms with E-state index in [1.165, 1.54) is 25.7 Å². The molecule has 2 atom stereocenters. The van der Waals surface area contributed by atoms with Crippen molar-refractivity contribution >= 4 is 19.7 Å². The monoisotopic (exact) mass is 481 g/mol. The Bertz CT molecular complexity index is 532. The molecule has 0 rings (SSSR count). The topological polar surface area (TPSA) is 131 Å². The van der Waals surface area contributed by atoms with Gasteiger partial charge in [-0.25, -0.2) is 4.57 Å². The number of carbonyl (C=O) groups excluding carboxylic acids is 2. The fourth-order valence-corrected chi connectivity index (χ4v) is 3.66. The predicted molar refractivity (Wildman–Crippen MR) is 123 cm³/mol. The highest BCUT2D eigenvalue weighted by atomic mass is 31.2. The summed E-state index contributed by atoms with van der Waals surface area (Å²) in [5, 5.41) is 12.4. The molecule has 32 heavy (non-hydrogen) atoms. The number of amides is 1. The Morgan fingerprint density at radius 1 is 0.844 bits per heavy atom. The van der Waals surface area contributed by atoms with Gasteiger partial charge in [0.1, 0.15) is 12.7 Å². The van der Waals surface area contributed by atoms with E-state index in [1.54, 1.807) is 0 Å². The van der Waals surface area contributed by atoms with Crippen molar-refractivity contribution in [3.8, 4) is 0 Å². The van der Waals surface area contributed by atoms with Crippen LogP contribution in [0.3, 0.4) is 0 Å². The third kappa shape index (κ3) is 20.9. The molecule has 0 aliphatic carbocycles. The van der Waals surface area contributed by atoms with Gasteiger partial charge in [0.2, 0.25) is 5.91 Å². The number of phosphoric acid groups is 1. The molecule has 0 fully saturated rings. The van der Waals surface area contributed by atoms with E-state index in [0.717, 1.165) is 44.9 Å². The van der Waals surface area contributed by atoms with Crippen molar-refractivity contribution in [2.24, 2.45) is 0 Å². The maximum absolute atomic E-state index is 11.8. The average Bonchev–Trinajstić information content (AvgIpc) is 2.76. The van der Waals surface area contributed by atoms with E-state index in [4.69, 9.17) is 13.8 Å². The number of phosphoric ester groups is 1. The minimum Gasteiger partial charge on any atom is -0.463 e. The van der Waals surface area contributed by atoms with E-state index >= 15 is 0 Å². The van der Waals surface area contributed by atoms with Crippen LogP contribution in [0.25, 0.3) is 0 Å². The molecular formula is C22H44NO8P. The lowest BCUT2D eigenvalue weighted by atomic mass is 10.1. The van der Waals surface area contributed by atoms with Gasteiger partial charge in [0, 0.05) is 19.4 Å². The molecule has 0 aromatic rings. The molecule has 0 heterocycles. The zero-order chi connectivity index (χ0) is 24.1. The van der Waals surface area contributed by atoms with Crippen LogP contribution in [-0.2, 0) is 27.9 Å². The molecule has 0 saturated carbocycles. The Morgan fingerprint density at radius 3 is 2.06 bits per heavy atom. The largest absolute Gasteiger partial charge is 0.472 e. The highest BCUT2D eigenvalue weighted by Crippen LogP contribution is 2.42. The maximum atomic E-state index is 11.8. The molecule has 0 aliphatic heterocycles. The van der Waals surface area contributed by atoms with E-state index in [0.29, 0.717) is 6.42 Å². The molecule has 10 heteroatoms. The third-order valence-corrected chi connectivity index (χ3v) is 5.77. The first-order valence-electron chi connectivity index (χ1n) is 12.0. The zero-order valence-corrected chi connectivity index (χ0v) is 20.8. The van der Waals surface area contributed by atoms with Gasteiger partial charge < -0.3 is 20.1 Å². The van der Waals surface area contributed by atoms with Crippen LogP contribution < -0.4 is 5.32 Å². The lowest BCUT2D eigenvalue weighted by molar-refractivity contribution is -0.147. The van der Waals surface area contributed by atoms with Crippen molar-refractivity contribution in [2.75, 3.05) is 26.4 Å². The van der Waals surface area contributed by atoms with E-state index < -0.39 is 26.5 Å². The molecule has 0 radical (unpaired) electrons. The minimum absolute atomic E-state index is 0.0848. The Balaban J connectivity index is 3.73. The smallest absolute Gasteiger partial charge is 0.463 e. The maximum Gasteiger partial charge on any atom is 0.472 e. The molecule has 0 aromatic heterocycles. The van der Waals surface area contributed by atoms with Gasteiger partial charge in [0.25, 0.3) is 0 Å². The lowest BCUT2D eigenvalue weighted by Gasteiger charge is -2.15. The molecule has 2 unspecified atom stereocenters. The summed E-state index contributed by atoms with van der Waals surface area (Å²) >= 11 is 0. The Hall–Kier alpha value is -0.990. The number of rotatable bonds is 22. The third-order valence-electron chi connectivity index (χ3n) is 4.79.